The molecule has 0 aromatic carbocycles. The number of nitrogens with zero attached hydrogens (tertiary/aromatic N) is 1. The predicted octanol–water partition coefficient (Wildman–Crippen LogP) is 0.839. The number of ether oxygens (including phenoxy) is 1. The van der Waals surface area contributed by atoms with Crippen molar-refractivity contribution < 1.29 is 17.9 Å². The third-order valence-corrected chi connectivity index (χ3v) is 6.01. The zero-order valence-corrected chi connectivity index (χ0v) is 12.3. The van der Waals surface area contributed by atoms with Crippen LogP contribution >= 0.6 is 0 Å². The van der Waals surface area contributed by atoms with Gasteiger partial charge in [0.2, 0.25) is 5.91 Å². The fraction of sp³-hybridized carbons (Fsp3) is 0.923. The molecule has 5 nitrogen and oxygen atoms in total. The summed E-state index contributed by atoms with van der Waals surface area (Å²) in [5.41, 5.74) is 0. The molecule has 2 aliphatic rings. The minimum atomic E-state index is -2.92. The Morgan fingerprint density at radius 1 is 1.26 bits per heavy atom. The molecule has 19 heavy (non-hydrogen) atoms. The molecule has 0 N–H and O–H groups in total. The first-order valence-corrected chi connectivity index (χ1v) is 8.84. The standard InChI is InChI=1S/C13H23NO4S/c1-14(12-6-9-19(16,17)10-12)13(15)3-2-11-4-7-18-8-5-11/h11-12H,2-10H2,1H3. The molecule has 6 heteroatoms. The van der Waals surface area contributed by atoms with Gasteiger partial charge < -0.3 is 9.64 Å². The van der Waals surface area contributed by atoms with Gasteiger partial charge in [0.25, 0.3) is 0 Å². The average molecular weight is 289 g/mol. The summed E-state index contributed by atoms with van der Waals surface area (Å²) in [7, 11) is -1.19. The van der Waals surface area contributed by atoms with Crippen LogP contribution in [0.25, 0.3) is 0 Å². The predicted molar refractivity (Wildman–Crippen MR) is 72.6 cm³/mol. The number of amides is 1. The molecule has 1 atom stereocenters. The van der Waals surface area contributed by atoms with Gasteiger partial charge in [-0.1, -0.05) is 0 Å². The maximum atomic E-state index is 12.1. The third-order valence-electron chi connectivity index (χ3n) is 4.26. The van der Waals surface area contributed by atoms with E-state index in [1.54, 1.807) is 11.9 Å². The lowest BCUT2D eigenvalue weighted by atomic mass is 9.94. The smallest absolute Gasteiger partial charge is 0.222 e. The average Bonchev–Trinajstić information content (AvgIpc) is 2.76. The van der Waals surface area contributed by atoms with E-state index in [0.29, 0.717) is 18.8 Å². The summed E-state index contributed by atoms with van der Waals surface area (Å²) in [6.07, 6.45) is 4.08. The molecule has 0 aromatic heterocycles. The highest BCUT2D eigenvalue weighted by Gasteiger charge is 2.32. The van der Waals surface area contributed by atoms with Crippen molar-refractivity contribution in [2.45, 2.75) is 38.1 Å². The van der Waals surface area contributed by atoms with E-state index in [-0.39, 0.29) is 23.5 Å². The van der Waals surface area contributed by atoms with Crippen LogP contribution in [0, 0.1) is 5.92 Å². The number of carbonyl (C=O) groups is 1. The first-order valence-electron chi connectivity index (χ1n) is 7.02. The molecule has 0 bridgehead atoms. The number of hydrogen-bond acceptors (Lipinski definition) is 4. The molecule has 0 aliphatic carbocycles. The van der Waals surface area contributed by atoms with Crippen LogP contribution in [0.1, 0.15) is 32.1 Å². The molecule has 2 heterocycles. The monoisotopic (exact) mass is 289 g/mol. The van der Waals surface area contributed by atoms with Crippen molar-refractivity contribution in [2.75, 3.05) is 31.8 Å². The quantitative estimate of drug-likeness (QED) is 0.769. The van der Waals surface area contributed by atoms with Crippen molar-refractivity contribution in [2.24, 2.45) is 5.92 Å². The van der Waals surface area contributed by atoms with Gasteiger partial charge in [-0.05, 0) is 31.6 Å². The first kappa shape index (κ1) is 14.8. The maximum absolute atomic E-state index is 12.1. The summed E-state index contributed by atoms with van der Waals surface area (Å²) in [6.45, 7) is 1.60. The van der Waals surface area contributed by atoms with E-state index in [0.717, 1.165) is 32.5 Å². The Labute approximate surface area is 115 Å². The van der Waals surface area contributed by atoms with Crippen LogP contribution in [-0.2, 0) is 19.4 Å². The van der Waals surface area contributed by atoms with Crippen molar-refractivity contribution in [3.63, 3.8) is 0 Å². The fourth-order valence-electron chi connectivity index (χ4n) is 2.82. The van der Waals surface area contributed by atoms with Gasteiger partial charge in [0.15, 0.2) is 9.84 Å². The van der Waals surface area contributed by atoms with Gasteiger partial charge in [-0.25, -0.2) is 8.42 Å². The molecule has 2 saturated heterocycles. The van der Waals surface area contributed by atoms with E-state index >= 15 is 0 Å². The number of sulfone groups is 1. The van der Waals surface area contributed by atoms with Gasteiger partial charge in [0.05, 0.1) is 11.5 Å². The SMILES string of the molecule is CN(C(=O)CCC1CCOCC1)C1CCS(=O)(=O)C1. The normalized spacial score (nSPS) is 27.3. The van der Waals surface area contributed by atoms with E-state index < -0.39 is 9.84 Å². The Morgan fingerprint density at radius 3 is 2.53 bits per heavy atom. The molecule has 2 fully saturated rings. The summed E-state index contributed by atoms with van der Waals surface area (Å²) in [6, 6.07) is -0.118. The number of hydrogen-bond donors (Lipinski definition) is 0. The van der Waals surface area contributed by atoms with E-state index in [4.69, 9.17) is 4.74 Å². The molecular formula is C13H23NO4S. The Bertz CT molecular complexity index is 414. The van der Waals surface area contributed by atoms with E-state index in [9.17, 15) is 13.2 Å². The van der Waals surface area contributed by atoms with Crippen LogP contribution in [0.2, 0.25) is 0 Å². The first-order chi connectivity index (χ1) is 8.98. The molecule has 1 unspecified atom stereocenters. The van der Waals surface area contributed by atoms with Gasteiger partial charge in [0.1, 0.15) is 0 Å². The van der Waals surface area contributed by atoms with Gasteiger partial charge >= 0.3 is 0 Å². The van der Waals surface area contributed by atoms with E-state index in [1.807, 2.05) is 0 Å². The number of carbonyl (C=O) groups excluding carboxylic acids is 1. The van der Waals surface area contributed by atoms with Crippen LogP contribution in [0.4, 0.5) is 0 Å². The Kier molecular flexibility index (Phi) is 4.84. The highest BCUT2D eigenvalue weighted by Crippen LogP contribution is 2.22. The zero-order chi connectivity index (χ0) is 13.9. The second-order valence-corrected chi connectivity index (χ2v) is 7.88. The van der Waals surface area contributed by atoms with Crippen molar-refractivity contribution in [1.82, 2.24) is 4.90 Å². The van der Waals surface area contributed by atoms with E-state index in [2.05, 4.69) is 0 Å². The van der Waals surface area contributed by atoms with Crippen molar-refractivity contribution in [3.05, 3.63) is 0 Å². The minimum absolute atomic E-state index is 0.0774. The second kappa shape index (κ2) is 6.22. The lowest BCUT2D eigenvalue weighted by Crippen LogP contribution is -2.38. The molecule has 0 aromatic rings. The second-order valence-electron chi connectivity index (χ2n) is 5.66. The fourth-order valence-corrected chi connectivity index (χ4v) is 4.60. The van der Waals surface area contributed by atoms with Crippen LogP contribution in [0.5, 0.6) is 0 Å². The highest BCUT2D eigenvalue weighted by molar-refractivity contribution is 7.91. The van der Waals surface area contributed by atoms with E-state index in [1.165, 1.54) is 0 Å². The van der Waals surface area contributed by atoms with Gasteiger partial charge in [-0.3, -0.25) is 4.79 Å². The van der Waals surface area contributed by atoms with Crippen LogP contribution < -0.4 is 0 Å². The van der Waals surface area contributed by atoms with Crippen molar-refractivity contribution in [3.8, 4) is 0 Å². The molecule has 2 rings (SSSR count). The van der Waals surface area contributed by atoms with Crippen LogP contribution in [-0.4, -0.2) is 57.0 Å². The summed E-state index contributed by atoms with van der Waals surface area (Å²) >= 11 is 0. The molecule has 2 aliphatic heterocycles. The topological polar surface area (TPSA) is 63.7 Å². The molecule has 0 saturated carbocycles. The molecule has 0 spiro atoms. The van der Waals surface area contributed by atoms with Crippen molar-refractivity contribution >= 4 is 15.7 Å². The molecule has 0 radical (unpaired) electrons. The molecule has 110 valence electrons. The Balaban J connectivity index is 1.76. The zero-order valence-electron chi connectivity index (χ0n) is 11.5. The van der Waals surface area contributed by atoms with Crippen LogP contribution in [0.3, 0.4) is 0 Å². The van der Waals surface area contributed by atoms with Crippen LogP contribution in [0.15, 0.2) is 0 Å². The van der Waals surface area contributed by atoms with Gasteiger partial charge in [-0.2, -0.15) is 0 Å². The minimum Gasteiger partial charge on any atom is -0.381 e. The summed E-state index contributed by atoms with van der Waals surface area (Å²) in [5.74, 6) is 1.01. The Hall–Kier alpha value is -0.620. The summed E-state index contributed by atoms with van der Waals surface area (Å²) in [4.78, 5) is 13.7. The van der Waals surface area contributed by atoms with Gasteiger partial charge in [0, 0.05) is 32.7 Å². The third kappa shape index (κ3) is 4.18. The summed E-state index contributed by atoms with van der Waals surface area (Å²) < 4.78 is 28.1. The van der Waals surface area contributed by atoms with Gasteiger partial charge in [-0.15, -0.1) is 0 Å². The largest absolute Gasteiger partial charge is 0.381 e. The molecule has 1 amide bonds. The summed E-state index contributed by atoms with van der Waals surface area (Å²) in [5, 5.41) is 0. The lowest BCUT2D eigenvalue weighted by Gasteiger charge is -2.26. The molecular weight excluding hydrogens is 266 g/mol. The van der Waals surface area contributed by atoms with Crippen molar-refractivity contribution in [1.29, 1.82) is 0 Å². The Morgan fingerprint density at radius 2 is 1.95 bits per heavy atom. The highest BCUT2D eigenvalue weighted by atomic mass is 32.2. The maximum Gasteiger partial charge on any atom is 0.222 e. The lowest BCUT2D eigenvalue weighted by molar-refractivity contribution is -0.132. The number of rotatable bonds is 4.